The van der Waals surface area contributed by atoms with E-state index in [1.807, 2.05) is 12.1 Å². The zero-order chi connectivity index (χ0) is 17.1. The van der Waals surface area contributed by atoms with Gasteiger partial charge in [0.15, 0.2) is 5.69 Å². The van der Waals surface area contributed by atoms with Gasteiger partial charge in [-0.05, 0) is 24.1 Å². The molecule has 3 heterocycles. The largest absolute Gasteiger partial charge is 0.377 e. The molecule has 0 atom stereocenters. The van der Waals surface area contributed by atoms with Gasteiger partial charge >= 0.3 is 0 Å². The Labute approximate surface area is 138 Å². The Morgan fingerprint density at radius 3 is 2.92 bits per heavy atom. The summed E-state index contributed by atoms with van der Waals surface area (Å²) in [4.78, 5) is 28.2. The van der Waals surface area contributed by atoms with Gasteiger partial charge in [0, 0.05) is 13.2 Å². The van der Waals surface area contributed by atoms with Crippen LogP contribution in [0.2, 0.25) is 0 Å². The molecule has 1 aliphatic rings. The molecule has 8 nitrogen and oxygen atoms in total. The smallest absolute Gasteiger partial charge is 0.274 e. The number of hydrogen-bond donors (Lipinski definition) is 2. The summed E-state index contributed by atoms with van der Waals surface area (Å²) in [5, 5.41) is 6.56. The molecule has 0 saturated heterocycles. The third-order valence-electron chi connectivity index (χ3n) is 3.58. The van der Waals surface area contributed by atoms with Crippen LogP contribution in [0.3, 0.4) is 0 Å². The number of hydrogen-bond acceptors (Lipinski definition) is 5. The lowest BCUT2D eigenvalue weighted by molar-refractivity contribution is 0.0995. The van der Waals surface area contributed by atoms with Crippen molar-refractivity contribution in [2.24, 2.45) is 12.8 Å². The predicted octanol–water partition coefficient (Wildman–Crippen LogP) is 0.970. The quantitative estimate of drug-likeness (QED) is 0.869. The lowest BCUT2D eigenvalue weighted by atomic mass is 10.1. The Hall–Kier alpha value is -3.00. The van der Waals surface area contributed by atoms with Crippen molar-refractivity contribution in [2.45, 2.75) is 6.42 Å². The van der Waals surface area contributed by atoms with E-state index in [2.05, 4.69) is 15.4 Å². The van der Waals surface area contributed by atoms with Gasteiger partial charge in [-0.1, -0.05) is 12.1 Å². The second-order valence-corrected chi connectivity index (χ2v) is 5.35. The van der Waals surface area contributed by atoms with Gasteiger partial charge < -0.3 is 15.8 Å². The lowest BCUT2D eigenvalue weighted by Gasteiger charge is -2.13. The predicted molar refractivity (Wildman–Crippen MR) is 87.3 cm³/mol. The molecule has 3 N–H and O–H groups in total. The van der Waals surface area contributed by atoms with E-state index in [0.717, 1.165) is 17.7 Å². The highest BCUT2D eigenvalue weighted by atomic mass is 16.5. The molecule has 8 heteroatoms. The van der Waals surface area contributed by atoms with Crippen LogP contribution in [0.25, 0.3) is 5.57 Å². The first kappa shape index (κ1) is 15.9. The molecule has 0 radical (unpaired) electrons. The molecule has 0 spiro atoms. The highest BCUT2D eigenvalue weighted by Crippen LogP contribution is 2.20. The second kappa shape index (κ2) is 6.63. The van der Waals surface area contributed by atoms with Gasteiger partial charge in [-0.25, -0.2) is 4.98 Å². The van der Waals surface area contributed by atoms with Crippen LogP contribution in [-0.2, 0) is 11.8 Å². The summed E-state index contributed by atoms with van der Waals surface area (Å²) < 4.78 is 6.69. The molecule has 1 aliphatic heterocycles. The zero-order valence-corrected chi connectivity index (χ0v) is 13.2. The molecule has 0 fully saturated rings. The number of nitrogens with one attached hydrogen (secondary N) is 1. The number of rotatable bonds is 4. The van der Waals surface area contributed by atoms with Gasteiger partial charge in [0.2, 0.25) is 0 Å². The Bertz CT molecular complexity index is 825. The van der Waals surface area contributed by atoms with Crippen LogP contribution in [0.15, 0.2) is 30.5 Å². The van der Waals surface area contributed by atoms with E-state index < -0.39 is 11.8 Å². The van der Waals surface area contributed by atoms with Crippen molar-refractivity contribution in [2.75, 3.05) is 18.5 Å². The third-order valence-corrected chi connectivity index (χ3v) is 3.58. The van der Waals surface area contributed by atoms with E-state index >= 15 is 0 Å². The Morgan fingerprint density at radius 1 is 1.38 bits per heavy atom. The van der Waals surface area contributed by atoms with Gasteiger partial charge in [-0.2, -0.15) is 5.10 Å². The van der Waals surface area contributed by atoms with Gasteiger partial charge in [-0.15, -0.1) is 0 Å². The number of nitrogens with two attached hydrogens (primary N) is 1. The van der Waals surface area contributed by atoms with Crippen LogP contribution in [-0.4, -0.2) is 39.8 Å². The van der Waals surface area contributed by atoms with Crippen LogP contribution in [0.4, 0.5) is 5.69 Å². The number of aromatic nitrogens is 3. The van der Waals surface area contributed by atoms with Gasteiger partial charge in [0.25, 0.3) is 11.8 Å². The maximum atomic E-state index is 12.4. The minimum Gasteiger partial charge on any atom is -0.377 e. The van der Waals surface area contributed by atoms with Gasteiger partial charge in [-0.3, -0.25) is 14.3 Å². The van der Waals surface area contributed by atoms with Crippen LogP contribution < -0.4 is 11.1 Å². The van der Waals surface area contributed by atoms with Gasteiger partial charge in [0.05, 0.1) is 24.6 Å². The van der Waals surface area contributed by atoms with E-state index in [9.17, 15) is 9.59 Å². The topological polar surface area (TPSA) is 112 Å². The monoisotopic (exact) mass is 327 g/mol. The molecule has 0 aromatic carbocycles. The van der Waals surface area contributed by atoms with E-state index in [1.54, 1.807) is 19.2 Å². The summed E-state index contributed by atoms with van der Waals surface area (Å²) in [6.45, 7) is 1.19. The molecule has 0 aliphatic carbocycles. The first-order valence-corrected chi connectivity index (χ1v) is 7.43. The second-order valence-electron chi connectivity index (χ2n) is 5.35. The van der Waals surface area contributed by atoms with Gasteiger partial charge in [0.1, 0.15) is 5.69 Å². The number of anilines is 1. The van der Waals surface area contributed by atoms with Crippen molar-refractivity contribution < 1.29 is 14.3 Å². The maximum Gasteiger partial charge on any atom is 0.274 e. The summed E-state index contributed by atoms with van der Waals surface area (Å²) in [6, 6.07) is 5.23. The fourth-order valence-corrected chi connectivity index (χ4v) is 2.45. The normalized spacial score (nSPS) is 14.1. The van der Waals surface area contributed by atoms with Crippen molar-refractivity contribution >= 4 is 23.1 Å². The molecule has 0 unspecified atom stereocenters. The molecule has 0 saturated carbocycles. The van der Waals surface area contributed by atoms with E-state index in [-0.39, 0.29) is 17.1 Å². The molecular formula is C16H17N5O3. The summed E-state index contributed by atoms with van der Waals surface area (Å²) >= 11 is 0. The number of nitrogens with zero attached hydrogens (tertiary/aromatic N) is 3. The number of carbonyl (C=O) groups is 2. The molecule has 24 heavy (non-hydrogen) atoms. The number of primary amides is 1. The number of aryl methyl sites for hydroxylation is 1. The average molecular weight is 327 g/mol. The first-order valence-electron chi connectivity index (χ1n) is 7.43. The van der Waals surface area contributed by atoms with E-state index in [1.165, 1.54) is 10.9 Å². The molecule has 2 aromatic rings. The fraction of sp³-hybridized carbons (Fsp3) is 0.250. The fourth-order valence-electron chi connectivity index (χ4n) is 2.45. The standard InChI is InChI=1S/C16H17N5O3/c1-21-9-13(14(20-21)15(17)22)19-16(23)12-4-2-3-11(18-12)10-5-7-24-8-6-10/h2-5,9H,6-8H2,1H3,(H2,17,22)(H,19,23). The highest BCUT2D eigenvalue weighted by Gasteiger charge is 2.17. The van der Waals surface area contributed by atoms with Crippen LogP contribution in [0.1, 0.15) is 33.1 Å². The van der Waals surface area contributed by atoms with Crippen molar-refractivity contribution in [1.29, 1.82) is 0 Å². The molecular weight excluding hydrogens is 310 g/mol. The molecule has 2 aromatic heterocycles. The Balaban J connectivity index is 1.83. The minimum atomic E-state index is -0.708. The maximum absolute atomic E-state index is 12.4. The number of carbonyl (C=O) groups excluding carboxylic acids is 2. The molecule has 2 amide bonds. The molecule has 124 valence electrons. The number of amides is 2. The van der Waals surface area contributed by atoms with Crippen LogP contribution in [0, 0.1) is 0 Å². The first-order chi connectivity index (χ1) is 11.5. The molecule has 3 rings (SSSR count). The zero-order valence-electron chi connectivity index (χ0n) is 13.2. The summed E-state index contributed by atoms with van der Waals surface area (Å²) in [5.41, 5.74) is 7.57. The van der Waals surface area contributed by atoms with Crippen molar-refractivity contribution in [3.63, 3.8) is 0 Å². The van der Waals surface area contributed by atoms with Crippen LogP contribution in [0.5, 0.6) is 0 Å². The Morgan fingerprint density at radius 2 is 2.21 bits per heavy atom. The number of ether oxygens (including phenoxy) is 1. The van der Waals surface area contributed by atoms with E-state index in [0.29, 0.717) is 13.2 Å². The summed E-state index contributed by atoms with van der Waals surface area (Å²) in [5.74, 6) is -1.14. The molecule has 0 bridgehead atoms. The lowest BCUT2D eigenvalue weighted by Crippen LogP contribution is -2.19. The summed E-state index contributed by atoms with van der Waals surface area (Å²) in [6.07, 6.45) is 4.23. The highest BCUT2D eigenvalue weighted by molar-refractivity contribution is 6.07. The SMILES string of the molecule is Cn1cc(NC(=O)c2cccc(C3=CCOCC3)n2)c(C(N)=O)n1. The van der Waals surface area contributed by atoms with Crippen molar-refractivity contribution in [3.05, 3.63) is 47.6 Å². The van der Waals surface area contributed by atoms with E-state index in [4.69, 9.17) is 10.5 Å². The van der Waals surface area contributed by atoms with Crippen molar-refractivity contribution in [3.8, 4) is 0 Å². The third kappa shape index (κ3) is 3.33. The Kier molecular flexibility index (Phi) is 4.39. The summed E-state index contributed by atoms with van der Waals surface area (Å²) in [7, 11) is 1.64. The minimum absolute atomic E-state index is 0.00847. The number of pyridine rings is 1. The van der Waals surface area contributed by atoms with Crippen molar-refractivity contribution in [1.82, 2.24) is 14.8 Å². The van der Waals surface area contributed by atoms with Crippen LogP contribution >= 0.6 is 0 Å². The average Bonchev–Trinajstić information content (AvgIpc) is 2.96.